The second-order valence-corrected chi connectivity index (χ2v) is 9.74. The van der Waals surface area contributed by atoms with Crippen LogP contribution in [0.15, 0.2) is 0 Å². The molecule has 6 heteroatoms. The van der Waals surface area contributed by atoms with Gasteiger partial charge in [-0.25, -0.2) is 0 Å². The van der Waals surface area contributed by atoms with Gasteiger partial charge in [-0.15, -0.1) is 0 Å². The number of aliphatic hydroxyl groups is 5. The number of nitrogens with zero attached hydrogens (tertiary/aromatic N) is 1. The van der Waals surface area contributed by atoms with Crippen LogP contribution in [0.25, 0.3) is 0 Å². The van der Waals surface area contributed by atoms with Crippen LogP contribution in [0.4, 0.5) is 0 Å². The molecule has 0 aliphatic carbocycles. The van der Waals surface area contributed by atoms with Crippen LogP contribution in [0, 0.1) is 0 Å². The lowest BCUT2D eigenvalue weighted by atomic mass is 10.0. The molecule has 0 aromatic carbocycles. The second kappa shape index (κ2) is 18.3. The highest BCUT2D eigenvalue weighted by Crippen LogP contribution is 2.14. The molecule has 0 saturated carbocycles. The number of hydrogen-bond acceptors (Lipinski definition) is 5. The highest BCUT2D eigenvalue weighted by molar-refractivity contribution is 4.80. The molecular weight excluding hydrogens is 382 g/mol. The second-order valence-electron chi connectivity index (χ2n) is 9.74. The molecule has 0 heterocycles. The third-order valence-corrected chi connectivity index (χ3v) is 6.12. The summed E-state index contributed by atoms with van der Waals surface area (Å²) in [5.41, 5.74) is 0. The maximum absolute atomic E-state index is 10.2. The molecule has 2 unspecified atom stereocenters. The van der Waals surface area contributed by atoms with Gasteiger partial charge in [-0.2, -0.15) is 0 Å². The Morgan fingerprint density at radius 3 is 1.33 bits per heavy atom. The molecule has 0 aromatic heterocycles. The predicted octanol–water partition coefficient (Wildman–Crippen LogP) is 2.98. The topological polar surface area (TPSA) is 101 Å². The first-order chi connectivity index (χ1) is 14.2. The van der Waals surface area contributed by atoms with E-state index in [1.807, 2.05) is 14.1 Å². The molecule has 4 atom stereocenters. The van der Waals surface area contributed by atoms with Crippen LogP contribution in [-0.4, -0.2) is 88.2 Å². The molecule has 6 nitrogen and oxygen atoms in total. The average Bonchev–Trinajstić information content (AvgIpc) is 2.71. The summed E-state index contributed by atoms with van der Waals surface area (Å²) >= 11 is 0. The van der Waals surface area contributed by atoms with Gasteiger partial charge in [0.15, 0.2) is 0 Å². The van der Waals surface area contributed by atoms with E-state index in [0.29, 0.717) is 4.48 Å². The normalized spacial score (nSPS) is 16.4. The number of likely N-dealkylation sites (N-methyl/N-ethyl adjacent to an activating group) is 1. The van der Waals surface area contributed by atoms with Crippen molar-refractivity contribution in [3.63, 3.8) is 0 Å². The van der Waals surface area contributed by atoms with E-state index in [1.54, 1.807) is 0 Å². The largest absolute Gasteiger partial charge is 0.394 e. The van der Waals surface area contributed by atoms with Crippen LogP contribution >= 0.6 is 0 Å². The molecule has 0 spiro atoms. The van der Waals surface area contributed by atoms with Crippen molar-refractivity contribution in [2.75, 3.05) is 33.8 Å². The van der Waals surface area contributed by atoms with Crippen molar-refractivity contribution in [1.29, 1.82) is 0 Å². The molecule has 182 valence electrons. The molecular formula is C24H52NO5+. The lowest BCUT2D eigenvalue weighted by Gasteiger charge is -2.34. The zero-order chi connectivity index (χ0) is 22.8. The molecule has 0 aliphatic rings. The van der Waals surface area contributed by atoms with Crippen molar-refractivity contribution < 1.29 is 30.0 Å². The van der Waals surface area contributed by atoms with Crippen LogP contribution in [0.1, 0.15) is 96.8 Å². The Morgan fingerprint density at radius 1 is 0.567 bits per heavy atom. The monoisotopic (exact) mass is 434 g/mol. The first kappa shape index (κ1) is 29.8. The molecule has 0 fully saturated rings. The molecule has 5 N–H and O–H groups in total. The molecule has 0 aliphatic heterocycles. The van der Waals surface area contributed by atoms with Crippen LogP contribution < -0.4 is 0 Å². The van der Waals surface area contributed by atoms with Crippen molar-refractivity contribution in [2.45, 2.75) is 121 Å². The zero-order valence-electron chi connectivity index (χ0n) is 20.0. The quantitative estimate of drug-likeness (QED) is 0.141. The van der Waals surface area contributed by atoms with Gasteiger partial charge >= 0.3 is 0 Å². The molecule has 0 bridgehead atoms. The Hall–Kier alpha value is -0.240. The summed E-state index contributed by atoms with van der Waals surface area (Å²) < 4.78 is 0.540. The number of rotatable bonds is 21. The Bertz CT molecular complexity index is 381. The highest BCUT2D eigenvalue weighted by atomic mass is 16.4. The molecule has 0 aromatic rings. The molecule has 0 amide bonds. The van der Waals surface area contributed by atoms with Gasteiger partial charge in [-0.05, 0) is 12.8 Å². The minimum atomic E-state index is -1.55. The Kier molecular flexibility index (Phi) is 18.2. The maximum atomic E-state index is 10.2. The zero-order valence-corrected chi connectivity index (χ0v) is 20.0. The highest BCUT2D eigenvalue weighted by Gasteiger charge is 2.33. The van der Waals surface area contributed by atoms with Gasteiger partial charge < -0.3 is 30.0 Å². The van der Waals surface area contributed by atoms with E-state index in [9.17, 15) is 20.4 Å². The first-order valence-electron chi connectivity index (χ1n) is 12.4. The van der Waals surface area contributed by atoms with Crippen LogP contribution in [-0.2, 0) is 0 Å². The number of hydrogen-bond donors (Lipinski definition) is 5. The van der Waals surface area contributed by atoms with Crippen molar-refractivity contribution in [1.82, 2.24) is 0 Å². The van der Waals surface area contributed by atoms with E-state index in [2.05, 4.69) is 6.92 Å². The van der Waals surface area contributed by atoms with Crippen molar-refractivity contribution in [3.05, 3.63) is 0 Å². The smallest absolute Gasteiger partial charge is 0.131 e. The fourth-order valence-electron chi connectivity index (χ4n) is 4.00. The summed E-state index contributed by atoms with van der Waals surface area (Å²) in [6.07, 6.45) is 12.9. The molecule has 0 radical (unpaired) electrons. The van der Waals surface area contributed by atoms with Gasteiger partial charge in [0.1, 0.15) is 31.0 Å². The third-order valence-electron chi connectivity index (χ3n) is 6.12. The summed E-state index contributed by atoms with van der Waals surface area (Å²) in [4.78, 5) is 0. The molecule has 30 heavy (non-hydrogen) atoms. The van der Waals surface area contributed by atoms with Gasteiger partial charge in [0.25, 0.3) is 0 Å². The Balaban J connectivity index is 3.68. The Labute approximate surface area is 185 Å². The van der Waals surface area contributed by atoms with Crippen molar-refractivity contribution in [3.8, 4) is 0 Å². The third kappa shape index (κ3) is 15.5. The summed E-state index contributed by atoms with van der Waals surface area (Å²) in [6.45, 7) is 2.79. The van der Waals surface area contributed by atoms with Gasteiger partial charge in [0.05, 0.1) is 27.2 Å². The first-order valence-corrected chi connectivity index (χ1v) is 12.4. The lowest BCUT2D eigenvalue weighted by Crippen LogP contribution is -2.54. The van der Waals surface area contributed by atoms with E-state index in [1.165, 1.54) is 83.5 Å². The number of quaternary nitrogens is 1. The number of aliphatic hydroxyl groups excluding tert-OH is 5. The number of unbranched alkanes of at least 4 members (excludes halogenated alkanes) is 13. The summed E-state index contributed by atoms with van der Waals surface area (Å²) in [6, 6.07) is 0. The van der Waals surface area contributed by atoms with Crippen LogP contribution in [0.2, 0.25) is 0 Å². The van der Waals surface area contributed by atoms with Gasteiger partial charge in [-0.3, -0.25) is 0 Å². The fraction of sp³-hybridized carbons (Fsp3) is 1.00. The fourth-order valence-corrected chi connectivity index (χ4v) is 4.00. The maximum Gasteiger partial charge on any atom is 0.131 e. The minimum Gasteiger partial charge on any atom is -0.394 e. The summed E-state index contributed by atoms with van der Waals surface area (Å²) in [7, 11) is 3.99. The van der Waals surface area contributed by atoms with E-state index in [0.717, 1.165) is 13.0 Å². The lowest BCUT2D eigenvalue weighted by molar-refractivity contribution is -0.894. The van der Waals surface area contributed by atoms with E-state index in [4.69, 9.17) is 5.11 Å². The summed E-state index contributed by atoms with van der Waals surface area (Å²) in [5, 5.41) is 48.1. The van der Waals surface area contributed by atoms with E-state index < -0.39 is 31.0 Å². The summed E-state index contributed by atoms with van der Waals surface area (Å²) in [5.74, 6) is 0. The SMILES string of the molecule is CCCCCCCCCCCCCCCC[N+](C)(C)CC(O)C(O)[C@H](O)[C@H](O)CO. The van der Waals surface area contributed by atoms with Gasteiger partial charge in [0, 0.05) is 0 Å². The van der Waals surface area contributed by atoms with E-state index >= 15 is 0 Å². The molecule has 0 rings (SSSR count). The van der Waals surface area contributed by atoms with Gasteiger partial charge in [0.2, 0.25) is 0 Å². The van der Waals surface area contributed by atoms with E-state index in [-0.39, 0.29) is 6.54 Å². The average molecular weight is 435 g/mol. The van der Waals surface area contributed by atoms with Crippen LogP contribution in [0.5, 0.6) is 0 Å². The van der Waals surface area contributed by atoms with Crippen LogP contribution in [0.3, 0.4) is 0 Å². The van der Waals surface area contributed by atoms with Crippen molar-refractivity contribution in [2.24, 2.45) is 0 Å². The standard InChI is InChI=1S/C24H52NO5/c1-4-5-6-7-8-9-10-11-12-13-14-15-16-17-18-25(2,3)19-21(27)23(29)24(30)22(28)20-26/h21-24,26-30H,4-20H2,1-3H3/q+1/t21?,22-,23?,24-/m1/s1. The van der Waals surface area contributed by atoms with Gasteiger partial charge in [-0.1, -0.05) is 84.0 Å². The van der Waals surface area contributed by atoms with Crippen molar-refractivity contribution >= 4 is 0 Å². The Morgan fingerprint density at radius 2 is 0.933 bits per heavy atom. The molecule has 0 saturated heterocycles. The predicted molar refractivity (Wildman–Crippen MR) is 123 cm³/mol. The minimum absolute atomic E-state index is 0.287.